The van der Waals surface area contributed by atoms with E-state index in [1.807, 2.05) is 11.6 Å². The summed E-state index contributed by atoms with van der Waals surface area (Å²) in [5.74, 6) is 0.571. The molecule has 1 aromatic heterocycles. The number of aromatic nitrogens is 2. The average Bonchev–Trinajstić information content (AvgIpc) is 2.45. The van der Waals surface area contributed by atoms with Crippen molar-refractivity contribution in [2.45, 2.75) is 45.3 Å². The van der Waals surface area contributed by atoms with Gasteiger partial charge in [0.25, 0.3) is 0 Å². The molecular weight excluding hydrogens is 226 g/mol. The van der Waals surface area contributed by atoms with Crippen LogP contribution in [-0.4, -0.2) is 22.0 Å². The minimum Gasteiger partial charge on any atom is -0.383 e. The molecule has 2 rings (SSSR count). The highest BCUT2D eigenvalue weighted by molar-refractivity contribution is 6.33. The number of nitrogens with two attached hydrogens (primary N) is 1. The number of halogens is 1. The molecule has 0 amide bonds. The number of ether oxygens (including phenoxy) is 1. The van der Waals surface area contributed by atoms with Crippen LogP contribution in [0.4, 0.5) is 5.82 Å². The minimum atomic E-state index is -0.109. The highest BCUT2D eigenvalue weighted by atomic mass is 35.5. The molecule has 1 aromatic rings. The van der Waals surface area contributed by atoms with Gasteiger partial charge in [0.1, 0.15) is 10.8 Å². The Balaban J connectivity index is 2.27. The number of rotatable bonds is 1. The molecule has 2 N–H and O–H groups in total. The second-order valence-electron chi connectivity index (χ2n) is 4.98. The first-order chi connectivity index (χ1) is 7.41. The van der Waals surface area contributed by atoms with Crippen molar-refractivity contribution in [3.05, 3.63) is 10.7 Å². The third-order valence-electron chi connectivity index (χ3n) is 3.06. The van der Waals surface area contributed by atoms with E-state index >= 15 is 0 Å². The molecule has 2 heterocycles. The third-order valence-corrected chi connectivity index (χ3v) is 3.53. The zero-order chi connectivity index (χ0) is 11.9. The van der Waals surface area contributed by atoms with E-state index in [-0.39, 0.29) is 11.6 Å². The van der Waals surface area contributed by atoms with Crippen molar-refractivity contribution < 1.29 is 4.74 Å². The van der Waals surface area contributed by atoms with Gasteiger partial charge in [-0.25, -0.2) is 4.68 Å². The molecule has 90 valence electrons. The van der Waals surface area contributed by atoms with Gasteiger partial charge in [-0.05, 0) is 33.6 Å². The fourth-order valence-electron chi connectivity index (χ4n) is 2.23. The van der Waals surface area contributed by atoms with E-state index in [0.29, 0.717) is 10.8 Å². The van der Waals surface area contributed by atoms with Crippen LogP contribution in [0, 0.1) is 6.92 Å². The van der Waals surface area contributed by atoms with Crippen molar-refractivity contribution in [2.75, 3.05) is 12.3 Å². The number of hydrogen-bond donors (Lipinski definition) is 1. The first-order valence-corrected chi connectivity index (χ1v) is 5.92. The molecule has 1 saturated heterocycles. The maximum atomic E-state index is 6.05. The lowest BCUT2D eigenvalue weighted by atomic mass is 9.94. The lowest BCUT2D eigenvalue weighted by Gasteiger charge is -2.35. The Bertz CT molecular complexity index is 400. The van der Waals surface area contributed by atoms with Crippen LogP contribution < -0.4 is 5.73 Å². The molecule has 1 unspecified atom stereocenters. The van der Waals surface area contributed by atoms with Crippen LogP contribution in [0.15, 0.2) is 0 Å². The summed E-state index contributed by atoms with van der Waals surface area (Å²) in [6.07, 6.45) is 1.85. The normalized spacial score (nSPS) is 24.6. The van der Waals surface area contributed by atoms with Crippen LogP contribution in [0.5, 0.6) is 0 Å². The summed E-state index contributed by atoms with van der Waals surface area (Å²) in [5.41, 5.74) is 6.64. The van der Waals surface area contributed by atoms with E-state index in [1.54, 1.807) is 0 Å². The molecule has 1 atom stereocenters. The first-order valence-electron chi connectivity index (χ1n) is 5.55. The molecular formula is C11H18ClN3O. The Kier molecular flexibility index (Phi) is 2.88. The zero-order valence-corrected chi connectivity index (χ0v) is 10.7. The molecule has 0 bridgehead atoms. The number of nitrogens with zero attached hydrogens (tertiary/aromatic N) is 2. The summed E-state index contributed by atoms with van der Waals surface area (Å²) >= 11 is 6.05. The van der Waals surface area contributed by atoms with E-state index in [9.17, 15) is 0 Å². The van der Waals surface area contributed by atoms with Crippen LogP contribution in [0.25, 0.3) is 0 Å². The molecule has 1 aliphatic heterocycles. The summed E-state index contributed by atoms with van der Waals surface area (Å²) in [6, 6.07) is 0.287. The largest absolute Gasteiger partial charge is 0.383 e. The standard InChI is InChI=1S/C11H18ClN3O/c1-7-9(12)10(13)15(14-7)8-4-5-16-11(2,3)6-8/h8H,4-6,13H2,1-3H3. The monoisotopic (exact) mass is 243 g/mol. The Hall–Kier alpha value is -0.740. The second-order valence-corrected chi connectivity index (χ2v) is 5.36. The summed E-state index contributed by atoms with van der Waals surface area (Å²) in [6.45, 7) is 6.80. The smallest absolute Gasteiger partial charge is 0.141 e. The topological polar surface area (TPSA) is 53.1 Å². The predicted octanol–water partition coefficient (Wildman–Crippen LogP) is 2.56. The summed E-state index contributed by atoms with van der Waals surface area (Å²) in [7, 11) is 0. The van der Waals surface area contributed by atoms with E-state index < -0.39 is 0 Å². The fraction of sp³-hybridized carbons (Fsp3) is 0.727. The SMILES string of the molecule is Cc1nn(C2CCOC(C)(C)C2)c(N)c1Cl. The molecule has 16 heavy (non-hydrogen) atoms. The maximum absolute atomic E-state index is 6.05. The molecule has 4 nitrogen and oxygen atoms in total. The molecule has 0 aliphatic carbocycles. The van der Waals surface area contributed by atoms with E-state index in [2.05, 4.69) is 18.9 Å². The first kappa shape index (κ1) is 11.7. The van der Waals surface area contributed by atoms with Crippen LogP contribution in [0.2, 0.25) is 5.02 Å². The van der Waals surface area contributed by atoms with Gasteiger partial charge in [-0.3, -0.25) is 0 Å². The van der Waals surface area contributed by atoms with Crippen LogP contribution in [0.3, 0.4) is 0 Å². The van der Waals surface area contributed by atoms with Gasteiger partial charge in [0.2, 0.25) is 0 Å². The van der Waals surface area contributed by atoms with Gasteiger partial charge in [0, 0.05) is 6.61 Å². The number of aryl methyl sites for hydroxylation is 1. The van der Waals surface area contributed by atoms with Gasteiger partial charge in [0.05, 0.1) is 17.3 Å². The Morgan fingerprint density at radius 1 is 1.56 bits per heavy atom. The quantitative estimate of drug-likeness (QED) is 0.825. The van der Waals surface area contributed by atoms with Crippen LogP contribution in [0.1, 0.15) is 38.4 Å². The van der Waals surface area contributed by atoms with Gasteiger partial charge < -0.3 is 10.5 Å². The molecule has 1 aliphatic rings. The van der Waals surface area contributed by atoms with E-state index in [1.165, 1.54) is 0 Å². The summed E-state index contributed by atoms with van der Waals surface area (Å²) < 4.78 is 7.53. The average molecular weight is 244 g/mol. The van der Waals surface area contributed by atoms with Gasteiger partial charge in [0.15, 0.2) is 0 Å². The second kappa shape index (κ2) is 3.93. The highest BCUT2D eigenvalue weighted by Gasteiger charge is 2.31. The van der Waals surface area contributed by atoms with E-state index in [0.717, 1.165) is 25.1 Å². The molecule has 0 saturated carbocycles. The summed E-state index contributed by atoms with van der Waals surface area (Å²) in [4.78, 5) is 0. The van der Waals surface area contributed by atoms with Crippen molar-refractivity contribution in [2.24, 2.45) is 0 Å². The van der Waals surface area contributed by atoms with Crippen molar-refractivity contribution in [3.63, 3.8) is 0 Å². The number of nitrogen functional groups attached to an aromatic ring is 1. The van der Waals surface area contributed by atoms with Crippen molar-refractivity contribution >= 4 is 17.4 Å². The van der Waals surface area contributed by atoms with Crippen LogP contribution in [-0.2, 0) is 4.74 Å². The molecule has 1 fully saturated rings. The predicted molar refractivity (Wildman–Crippen MR) is 64.7 cm³/mol. The highest BCUT2D eigenvalue weighted by Crippen LogP contribution is 2.35. The van der Waals surface area contributed by atoms with Crippen molar-refractivity contribution in [1.29, 1.82) is 0 Å². The summed E-state index contributed by atoms with van der Waals surface area (Å²) in [5, 5.41) is 4.98. The molecule has 0 aromatic carbocycles. The lowest BCUT2D eigenvalue weighted by molar-refractivity contribution is -0.0704. The minimum absolute atomic E-state index is 0.109. The third kappa shape index (κ3) is 2.04. The Morgan fingerprint density at radius 3 is 2.75 bits per heavy atom. The van der Waals surface area contributed by atoms with Gasteiger partial charge in [-0.2, -0.15) is 5.10 Å². The number of anilines is 1. The van der Waals surface area contributed by atoms with Gasteiger partial charge in [-0.15, -0.1) is 0 Å². The van der Waals surface area contributed by atoms with Crippen LogP contribution >= 0.6 is 11.6 Å². The Labute approximate surface area is 101 Å². The van der Waals surface area contributed by atoms with Crippen molar-refractivity contribution in [1.82, 2.24) is 9.78 Å². The fourth-order valence-corrected chi connectivity index (χ4v) is 2.36. The molecule has 0 radical (unpaired) electrons. The van der Waals surface area contributed by atoms with Gasteiger partial charge >= 0.3 is 0 Å². The van der Waals surface area contributed by atoms with Gasteiger partial charge in [-0.1, -0.05) is 11.6 Å². The maximum Gasteiger partial charge on any atom is 0.141 e. The zero-order valence-electron chi connectivity index (χ0n) is 9.96. The molecule has 0 spiro atoms. The van der Waals surface area contributed by atoms with Crippen molar-refractivity contribution in [3.8, 4) is 0 Å². The van der Waals surface area contributed by atoms with E-state index in [4.69, 9.17) is 22.1 Å². The molecule has 5 heteroatoms. The number of hydrogen-bond acceptors (Lipinski definition) is 3. The Morgan fingerprint density at radius 2 is 2.25 bits per heavy atom. The lowest BCUT2D eigenvalue weighted by Crippen LogP contribution is -2.35.